The van der Waals surface area contributed by atoms with Gasteiger partial charge in [0, 0.05) is 46.8 Å². The van der Waals surface area contributed by atoms with Crippen LogP contribution >= 0.6 is 11.6 Å². The van der Waals surface area contributed by atoms with Crippen molar-refractivity contribution in [3.8, 4) is 0 Å². The molecule has 1 atom stereocenters. The van der Waals surface area contributed by atoms with E-state index >= 15 is 0 Å². The summed E-state index contributed by atoms with van der Waals surface area (Å²) in [6, 6.07) is 15.9. The van der Waals surface area contributed by atoms with Crippen LogP contribution in [0.3, 0.4) is 0 Å². The quantitative estimate of drug-likeness (QED) is 0.725. The lowest BCUT2D eigenvalue weighted by molar-refractivity contribution is 0.0901. The second kappa shape index (κ2) is 7.52. The van der Waals surface area contributed by atoms with Crippen LogP contribution in [0.15, 0.2) is 54.7 Å². The predicted octanol–water partition coefficient (Wildman–Crippen LogP) is 4.22. The lowest BCUT2D eigenvalue weighted by Crippen LogP contribution is -2.47. The Hall–Kier alpha value is -2.30. The van der Waals surface area contributed by atoms with Gasteiger partial charge in [-0.25, -0.2) is 0 Å². The first kappa shape index (κ1) is 17.1. The summed E-state index contributed by atoms with van der Waals surface area (Å²) in [7, 11) is 0. The molecule has 2 N–H and O–H groups in total. The molecule has 4 nitrogen and oxygen atoms in total. The molecule has 134 valence electrons. The fourth-order valence-corrected chi connectivity index (χ4v) is 3.75. The molecule has 0 radical (unpaired) electrons. The van der Waals surface area contributed by atoms with Crippen LogP contribution in [0.4, 0.5) is 0 Å². The predicted molar refractivity (Wildman–Crippen MR) is 106 cm³/mol. The van der Waals surface area contributed by atoms with Gasteiger partial charge in [0.1, 0.15) is 0 Å². The number of benzene rings is 2. The molecule has 1 saturated heterocycles. The Morgan fingerprint density at radius 2 is 2.04 bits per heavy atom. The van der Waals surface area contributed by atoms with Gasteiger partial charge < -0.3 is 10.3 Å². The highest BCUT2D eigenvalue weighted by atomic mass is 35.5. The second-order valence-corrected chi connectivity index (χ2v) is 7.39. The van der Waals surface area contributed by atoms with Gasteiger partial charge in [0.25, 0.3) is 5.91 Å². The third-order valence-corrected chi connectivity index (χ3v) is 5.23. The fourth-order valence-electron chi connectivity index (χ4n) is 3.63. The smallest absolute Gasteiger partial charge is 0.251 e. The molecule has 0 saturated carbocycles. The van der Waals surface area contributed by atoms with Crippen LogP contribution in [0.1, 0.15) is 28.8 Å². The van der Waals surface area contributed by atoms with E-state index in [-0.39, 0.29) is 11.9 Å². The number of nitrogens with one attached hydrogen (secondary N) is 2. The zero-order valence-electron chi connectivity index (χ0n) is 14.5. The van der Waals surface area contributed by atoms with Gasteiger partial charge in [0.2, 0.25) is 0 Å². The van der Waals surface area contributed by atoms with Gasteiger partial charge in [-0.05, 0) is 61.3 Å². The number of halogens is 1. The Kier molecular flexibility index (Phi) is 4.96. The van der Waals surface area contributed by atoms with Gasteiger partial charge in [-0.2, -0.15) is 0 Å². The largest absolute Gasteiger partial charge is 0.361 e. The van der Waals surface area contributed by atoms with Crippen LogP contribution in [0.25, 0.3) is 10.9 Å². The van der Waals surface area contributed by atoms with Gasteiger partial charge in [0.15, 0.2) is 0 Å². The van der Waals surface area contributed by atoms with E-state index in [0.717, 1.165) is 48.4 Å². The third-order valence-electron chi connectivity index (χ3n) is 4.98. The Morgan fingerprint density at radius 1 is 1.19 bits per heavy atom. The molecule has 0 bridgehead atoms. The molecule has 1 unspecified atom stereocenters. The van der Waals surface area contributed by atoms with Gasteiger partial charge >= 0.3 is 0 Å². The minimum absolute atomic E-state index is 0.00597. The van der Waals surface area contributed by atoms with E-state index in [1.54, 1.807) is 0 Å². The highest BCUT2D eigenvalue weighted by Gasteiger charge is 2.22. The second-order valence-electron chi connectivity index (χ2n) is 6.95. The summed E-state index contributed by atoms with van der Waals surface area (Å²) in [5.41, 5.74) is 3.01. The highest BCUT2D eigenvalue weighted by Crippen LogP contribution is 2.18. The van der Waals surface area contributed by atoms with E-state index in [1.165, 1.54) is 5.56 Å². The van der Waals surface area contributed by atoms with Crippen LogP contribution in [-0.2, 0) is 6.54 Å². The van der Waals surface area contributed by atoms with E-state index in [2.05, 4.69) is 27.3 Å². The minimum Gasteiger partial charge on any atom is -0.361 e. The van der Waals surface area contributed by atoms with Crippen LogP contribution in [0, 0.1) is 0 Å². The van der Waals surface area contributed by atoms with Gasteiger partial charge in [-0.3, -0.25) is 9.69 Å². The maximum Gasteiger partial charge on any atom is 0.251 e. The normalized spacial score (nSPS) is 18.1. The molecule has 2 heterocycles. The molecule has 4 rings (SSSR count). The number of aromatic nitrogens is 1. The number of hydrogen-bond donors (Lipinski definition) is 2. The van der Waals surface area contributed by atoms with Crippen molar-refractivity contribution >= 4 is 28.4 Å². The zero-order valence-corrected chi connectivity index (χ0v) is 15.3. The number of amides is 1. The Bertz CT molecular complexity index is 903. The van der Waals surface area contributed by atoms with E-state index in [0.29, 0.717) is 5.56 Å². The maximum atomic E-state index is 12.6. The summed E-state index contributed by atoms with van der Waals surface area (Å²) in [5.74, 6) is 0.00597. The van der Waals surface area contributed by atoms with E-state index in [9.17, 15) is 4.79 Å². The number of aromatic amines is 1. The summed E-state index contributed by atoms with van der Waals surface area (Å²) in [6.07, 6.45) is 4.01. The molecule has 1 fully saturated rings. The minimum atomic E-state index is 0.00597. The SMILES string of the molecule is O=C(NC1CCCN(Cc2ccc(Cl)cc2)C1)c1ccc2[nH]ccc2c1. The number of likely N-dealkylation sites (tertiary alicyclic amines) is 1. The van der Waals surface area contributed by atoms with E-state index < -0.39 is 0 Å². The summed E-state index contributed by atoms with van der Waals surface area (Å²) < 4.78 is 0. The number of H-pyrrole nitrogens is 1. The molecule has 5 heteroatoms. The molecule has 1 aliphatic heterocycles. The topological polar surface area (TPSA) is 48.1 Å². The van der Waals surface area contributed by atoms with Crippen molar-refractivity contribution in [2.45, 2.75) is 25.4 Å². The van der Waals surface area contributed by atoms with Crippen molar-refractivity contribution in [3.05, 3.63) is 70.9 Å². The van der Waals surface area contributed by atoms with Crippen LogP contribution in [-0.4, -0.2) is 34.9 Å². The van der Waals surface area contributed by atoms with Crippen LogP contribution < -0.4 is 5.32 Å². The van der Waals surface area contributed by atoms with Gasteiger partial charge in [0.05, 0.1) is 0 Å². The van der Waals surface area contributed by atoms with E-state index in [1.807, 2.05) is 42.6 Å². The number of nitrogens with zero attached hydrogens (tertiary/aromatic N) is 1. The molecule has 3 aromatic rings. The molecule has 1 aliphatic rings. The Balaban J connectivity index is 1.38. The van der Waals surface area contributed by atoms with Crippen molar-refractivity contribution in [2.24, 2.45) is 0 Å². The fraction of sp³-hybridized carbons (Fsp3) is 0.286. The molecule has 1 aromatic heterocycles. The monoisotopic (exact) mass is 367 g/mol. The molecule has 1 amide bonds. The van der Waals surface area contributed by atoms with Crippen LogP contribution in [0.5, 0.6) is 0 Å². The average molecular weight is 368 g/mol. The standard InChI is InChI=1S/C21H22ClN3O/c22-18-6-3-15(4-7-18)13-25-11-1-2-19(14-25)24-21(26)17-5-8-20-16(12-17)9-10-23-20/h3-10,12,19,23H,1-2,11,13-14H2,(H,24,26). The number of carbonyl (C=O) groups is 1. The summed E-state index contributed by atoms with van der Waals surface area (Å²) in [5, 5.41) is 5.03. The summed E-state index contributed by atoms with van der Waals surface area (Å²) in [4.78, 5) is 18.2. The van der Waals surface area contributed by atoms with Gasteiger partial charge in [-0.1, -0.05) is 23.7 Å². The first-order valence-corrected chi connectivity index (χ1v) is 9.40. The average Bonchev–Trinajstić information content (AvgIpc) is 3.12. The Labute approximate surface area is 158 Å². The molecule has 0 spiro atoms. The first-order valence-electron chi connectivity index (χ1n) is 9.02. The molecular weight excluding hydrogens is 346 g/mol. The number of carbonyl (C=O) groups excluding carboxylic acids is 1. The summed E-state index contributed by atoms with van der Waals surface area (Å²) in [6.45, 7) is 2.82. The molecule has 26 heavy (non-hydrogen) atoms. The van der Waals surface area contributed by atoms with Crippen molar-refractivity contribution in [1.29, 1.82) is 0 Å². The van der Waals surface area contributed by atoms with Crippen molar-refractivity contribution in [1.82, 2.24) is 15.2 Å². The molecule has 2 aromatic carbocycles. The number of hydrogen-bond acceptors (Lipinski definition) is 2. The zero-order chi connectivity index (χ0) is 17.9. The number of piperidine rings is 1. The lowest BCUT2D eigenvalue weighted by Gasteiger charge is -2.33. The summed E-state index contributed by atoms with van der Waals surface area (Å²) >= 11 is 5.96. The van der Waals surface area contributed by atoms with Crippen molar-refractivity contribution < 1.29 is 4.79 Å². The first-order chi connectivity index (χ1) is 12.7. The lowest BCUT2D eigenvalue weighted by atomic mass is 10.0. The number of rotatable bonds is 4. The maximum absolute atomic E-state index is 12.6. The third kappa shape index (κ3) is 3.92. The Morgan fingerprint density at radius 3 is 2.88 bits per heavy atom. The van der Waals surface area contributed by atoms with Crippen molar-refractivity contribution in [3.63, 3.8) is 0 Å². The van der Waals surface area contributed by atoms with E-state index in [4.69, 9.17) is 11.6 Å². The highest BCUT2D eigenvalue weighted by molar-refractivity contribution is 6.30. The van der Waals surface area contributed by atoms with Crippen LogP contribution in [0.2, 0.25) is 5.02 Å². The number of fused-ring (bicyclic) bond motifs is 1. The van der Waals surface area contributed by atoms with Crippen molar-refractivity contribution in [2.75, 3.05) is 13.1 Å². The molecule has 0 aliphatic carbocycles. The molecular formula is C21H22ClN3O. The van der Waals surface area contributed by atoms with Gasteiger partial charge in [-0.15, -0.1) is 0 Å².